The van der Waals surface area contributed by atoms with Gasteiger partial charge in [0.1, 0.15) is 11.9 Å². The monoisotopic (exact) mass is 343 g/mol. The smallest absolute Gasteiger partial charge is 0.252 e. The van der Waals surface area contributed by atoms with Crippen molar-refractivity contribution in [1.82, 2.24) is 25.5 Å². The van der Waals surface area contributed by atoms with Crippen LogP contribution in [0.3, 0.4) is 0 Å². The minimum atomic E-state index is -0.100. The predicted octanol–water partition coefficient (Wildman–Crippen LogP) is 2.57. The highest BCUT2D eigenvalue weighted by Gasteiger charge is 2.25. The van der Waals surface area contributed by atoms with Crippen LogP contribution in [0.25, 0.3) is 0 Å². The molecular formula is C18H25N5O2. The predicted molar refractivity (Wildman–Crippen MR) is 92.9 cm³/mol. The number of nitrogens with zero attached hydrogens (tertiary/aromatic N) is 3. The fraction of sp³-hybridized carbons (Fsp3) is 0.556. The van der Waals surface area contributed by atoms with Gasteiger partial charge in [-0.3, -0.25) is 14.9 Å². The number of hydrogen-bond donors (Lipinski definition) is 2. The van der Waals surface area contributed by atoms with E-state index in [1.165, 1.54) is 0 Å². The van der Waals surface area contributed by atoms with Crippen LogP contribution in [-0.4, -0.2) is 38.7 Å². The van der Waals surface area contributed by atoms with Crippen molar-refractivity contribution in [3.05, 3.63) is 41.7 Å². The first-order valence-electron chi connectivity index (χ1n) is 8.84. The zero-order chi connectivity index (χ0) is 17.6. The lowest BCUT2D eigenvalue weighted by Gasteiger charge is -2.30. The Balaban J connectivity index is 1.39. The van der Waals surface area contributed by atoms with E-state index in [9.17, 15) is 4.79 Å². The molecular weight excluding hydrogens is 318 g/mol. The first-order chi connectivity index (χ1) is 12.1. The Kier molecular flexibility index (Phi) is 5.75. The average Bonchev–Trinajstić information content (AvgIpc) is 3.08. The van der Waals surface area contributed by atoms with E-state index in [2.05, 4.69) is 25.5 Å². The second-order valence-corrected chi connectivity index (χ2v) is 6.65. The molecule has 2 heterocycles. The molecule has 0 aliphatic heterocycles. The Hall–Kier alpha value is -2.28. The molecule has 1 amide bonds. The molecule has 0 spiro atoms. The highest BCUT2D eigenvalue weighted by molar-refractivity contribution is 5.93. The van der Waals surface area contributed by atoms with Gasteiger partial charge in [0.2, 0.25) is 0 Å². The van der Waals surface area contributed by atoms with Crippen LogP contribution in [0.4, 0.5) is 0 Å². The molecule has 2 N–H and O–H groups in total. The van der Waals surface area contributed by atoms with Gasteiger partial charge in [0.25, 0.3) is 5.91 Å². The van der Waals surface area contributed by atoms with Crippen molar-refractivity contribution < 1.29 is 9.53 Å². The molecule has 7 heteroatoms. The van der Waals surface area contributed by atoms with E-state index < -0.39 is 0 Å². The number of amides is 1. The van der Waals surface area contributed by atoms with E-state index in [1.54, 1.807) is 24.5 Å². The molecule has 0 radical (unpaired) electrons. The SMILES string of the molecule is Cc1nc(C(C)OC2CCC(CNC(=O)c3cccnc3)CC2)n[nH]1. The van der Waals surface area contributed by atoms with Crippen LogP contribution in [0.2, 0.25) is 0 Å². The van der Waals surface area contributed by atoms with E-state index in [4.69, 9.17) is 4.74 Å². The molecule has 2 aromatic rings. The van der Waals surface area contributed by atoms with Crippen LogP contribution in [0.15, 0.2) is 24.5 Å². The summed E-state index contributed by atoms with van der Waals surface area (Å²) in [6.45, 7) is 4.58. The van der Waals surface area contributed by atoms with Crippen LogP contribution in [0.1, 0.15) is 60.7 Å². The molecule has 25 heavy (non-hydrogen) atoms. The van der Waals surface area contributed by atoms with Gasteiger partial charge in [-0.2, -0.15) is 5.10 Å². The van der Waals surface area contributed by atoms with Gasteiger partial charge in [0.15, 0.2) is 5.82 Å². The summed E-state index contributed by atoms with van der Waals surface area (Å²) < 4.78 is 6.09. The van der Waals surface area contributed by atoms with E-state index >= 15 is 0 Å². The Morgan fingerprint density at radius 2 is 2.20 bits per heavy atom. The number of H-pyrrole nitrogens is 1. The first kappa shape index (κ1) is 17.5. The number of ether oxygens (including phenoxy) is 1. The minimum absolute atomic E-state index is 0.0555. The van der Waals surface area contributed by atoms with Gasteiger partial charge < -0.3 is 10.1 Å². The number of carbonyl (C=O) groups excluding carboxylic acids is 1. The lowest BCUT2D eigenvalue weighted by atomic mass is 9.87. The maximum atomic E-state index is 12.1. The molecule has 1 atom stereocenters. The maximum Gasteiger partial charge on any atom is 0.252 e. The van der Waals surface area contributed by atoms with Crippen molar-refractivity contribution in [2.24, 2.45) is 5.92 Å². The molecule has 1 aliphatic carbocycles. The molecule has 1 aliphatic rings. The molecule has 3 rings (SSSR count). The molecule has 0 bridgehead atoms. The molecule has 134 valence electrons. The third kappa shape index (κ3) is 4.85. The summed E-state index contributed by atoms with van der Waals surface area (Å²) in [6, 6.07) is 3.55. The van der Waals surface area contributed by atoms with Crippen LogP contribution in [0.5, 0.6) is 0 Å². The van der Waals surface area contributed by atoms with Crippen molar-refractivity contribution in [2.45, 2.75) is 51.7 Å². The summed E-state index contributed by atoms with van der Waals surface area (Å²) in [7, 11) is 0. The minimum Gasteiger partial charge on any atom is -0.367 e. The Bertz CT molecular complexity index is 680. The van der Waals surface area contributed by atoms with Gasteiger partial charge in [0, 0.05) is 18.9 Å². The second kappa shape index (κ2) is 8.20. The van der Waals surface area contributed by atoms with Gasteiger partial charge in [-0.15, -0.1) is 0 Å². The first-order valence-corrected chi connectivity index (χ1v) is 8.84. The van der Waals surface area contributed by atoms with E-state index in [0.717, 1.165) is 31.5 Å². The number of pyridine rings is 1. The maximum absolute atomic E-state index is 12.1. The van der Waals surface area contributed by atoms with Crippen molar-refractivity contribution in [2.75, 3.05) is 6.54 Å². The lowest BCUT2D eigenvalue weighted by Crippen LogP contribution is -2.33. The van der Waals surface area contributed by atoms with Crippen LogP contribution < -0.4 is 5.32 Å². The van der Waals surface area contributed by atoms with Gasteiger partial charge in [-0.25, -0.2) is 4.98 Å². The molecule has 1 fully saturated rings. The van der Waals surface area contributed by atoms with Crippen molar-refractivity contribution in [3.8, 4) is 0 Å². The third-order valence-electron chi connectivity index (χ3n) is 4.64. The van der Waals surface area contributed by atoms with Gasteiger partial charge in [0.05, 0.1) is 11.7 Å². The fourth-order valence-corrected chi connectivity index (χ4v) is 3.20. The van der Waals surface area contributed by atoms with Gasteiger partial charge in [-0.1, -0.05) is 0 Å². The number of aromatic nitrogens is 4. The number of aromatic amines is 1. The van der Waals surface area contributed by atoms with Crippen molar-refractivity contribution >= 4 is 5.91 Å². The average molecular weight is 343 g/mol. The second-order valence-electron chi connectivity index (χ2n) is 6.65. The van der Waals surface area contributed by atoms with E-state index in [0.29, 0.717) is 23.9 Å². The number of rotatable bonds is 6. The fourth-order valence-electron chi connectivity index (χ4n) is 3.20. The van der Waals surface area contributed by atoms with Gasteiger partial charge >= 0.3 is 0 Å². The lowest BCUT2D eigenvalue weighted by molar-refractivity contribution is -0.0329. The summed E-state index contributed by atoms with van der Waals surface area (Å²) in [4.78, 5) is 20.4. The van der Waals surface area contributed by atoms with Crippen LogP contribution in [-0.2, 0) is 4.74 Å². The normalized spacial score (nSPS) is 21.7. The molecule has 0 saturated heterocycles. The zero-order valence-corrected chi connectivity index (χ0v) is 14.7. The summed E-state index contributed by atoms with van der Waals surface area (Å²) >= 11 is 0. The quantitative estimate of drug-likeness (QED) is 0.841. The Labute approximate surface area is 147 Å². The number of aryl methyl sites for hydroxylation is 1. The number of nitrogens with one attached hydrogen (secondary N) is 2. The largest absolute Gasteiger partial charge is 0.367 e. The molecule has 1 saturated carbocycles. The molecule has 2 aromatic heterocycles. The Morgan fingerprint density at radius 3 is 2.84 bits per heavy atom. The van der Waals surface area contributed by atoms with E-state index in [-0.39, 0.29) is 18.1 Å². The summed E-state index contributed by atoms with van der Waals surface area (Å²) in [5.74, 6) is 1.96. The number of hydrogen-bond acceptors (Lipinski definition) is 5. The standard InChI is InChI=1S/C18H25N5O2/c1-12(17-21-13(2)22-23-17)25-16-7-5-14(6-8-16)10-20-18(24)15-4-3-9-19-11-15/h3-4,9,11-12,14,16H,5-8,10H2,1-2H3,(H,20,24)(H,21,22,23). The number of carbonyl (C=O) groups is 1. The van der Waals surface area contributed by atoms with E-state index in [1.807, 2.05) is 13.8 Å². The highest BCUT2D eigenvalue weighted by atomic mass is 16.5. The Morgan fingerprint density at radius 1 is 1.40 bits per heavy atom. The van der Waals surface area contributed by atoms with Crippen molar-refractivity contribution in [3.63, 3.8) is 0 Å². The zero-order valence-electron chi connectivity index (χ0n) is 14.7. The summed E-state index contributed by atoms with van der Waals surface area (Å²) in [5, 5.41) is 10.0. The molecule has 1 unspecified atom stereocenters. The van der Waals surface area contributed by atoms with Gasteiger partial charge in [-0.05, 0) is 57.6 Å². The topological polar surface area (TPSA) is 92.8 Å². The summed E-state index contributed by atoms with van der Waals surface area (Å²) in [5.41, 5.74) is 0.607. The molecule has 0 aromatic carbocycles. The van der Waals surface area contributed by atoms with Crippen LogP contribution in [0, 0.1) is 12.8 Å². The molecule has 7 nitrogen and oxygen atoms in total. The highest BCUT2D eigenvalue weighted by Crippen LogP contribution is 2.29. The third-order valence-corrected chi connectivity index (χ3v) is 4.64. The summed E-state index contributed by atoms with van der Waals surface area (Å²) in [6.07, 6.45) is 7.50. The van der Waals surface area contributed by atoms with Crippen LogP contribution >= 0.6 is 0 Å². The van der Waals surface area contributed by atoms with Crippen molar-refractivity contribution in [1.29, 1.82) is 0 Å².